The minimum Gasteiger partial charge on any atom is -0.508 e. The Hall–Kier alpha value is -3.76. The number of fused-ring (bicyclic) bond motifs is 4. The van der Waals surface area contributed by atoms with Gasteiger partial charge in [-0.15, -0.1) is 28.6 Å². The molecule has 4 aliphatic rings. The first-order valence-corrected chi connectivity index (χ1v) is 22.6. The minimum absolute atomic E-state index is 0.0106. The standard InChI is InChI=1S/C47H60N4O3S2/c1-5-7-8-20-47-23-11-13-36-33(24-34(53)26-39(36)50-28-31(3)52)25-38(51-44(48)49-4)32-14-16-37(45(27-32,30-47)29-46(47)21-9-10-22-46)43(54)42-19-18-41(56-42)40-17-15-35(55-40)12-6-2/h15,17-19,24,26,31-32,37-38,50,52-53H,5,7-10,14,16,20-23,25,27-30H2,1-4H3,(H3,48,49,51)/t31-,32-,37+,38+,45-,47+/m0/s1. The van der Waals surface area contributed by atoms with Gasteiger partial charge >= 0.3 is 0 Å². The van der Waals surface area contributed by atoms with E-state index < -0.39 is 6.10 Å². The molecule has 0 saturated heterocycles. The Morgan fingerprint density at radius 1 is 1.11 bits per heavy atom. The van der Waals surface area contributed by atoms with Crippen LogP contribution in [0.4, 0.5) is 5.69 Å². The first kappa shape index (κ1) is 40.4. The summed E-state index contributed by atoms with van der Waals surface area (Å²) in [6, 6.07) is 12.0. The molecule has 6 atom stereocenters. The molecule has 3 aromatic rings. The molecule has 298 valence electrons. The van der Waals surface area contributed by atoms with Gasteiger partial charge in [0, 0.05) is 47.8 Å². The molecule has 0 aliphatic heterocycles. The van der Waals surface area contributed by atoms with Crippen molar-refractivity contribution in [3.8, 4) is 39.2 Å². The third-order valence-corrected chi connectivity index (χ3v) is 16.1. The van der Waals surface area contributed by atoms with Crippen molar-refractivity contribution >= 4 is 40.1 Å². The highest BCUT2D eigenvalue weighted by Gasteiger charge is 2.66. The molecule has 7 nitrogen and oxygen atoms in total. The molecule has 1 aromatic carbocycles. The highest BCUT2D eigenvalue weighted by molar-refractivity contribution is 7.23. The number of phenolic OH excluding ortho intramolecular Hbond substituents is 1. The lowest BCUT2D eigenvalue weighted by Crippen LogP contribution is -2.50. The maximum absolute atomic E-state index is 15.2. The Morgan fingerprint density at radius 3 is 2.64 bits per heavy atom. The van der Waals surface area contributed by atoms with Crippen LogP contribution in [0.5, 0.6) is 5.75 Å². The average Bonchev–Trinajstić information content (AvgIpc) is 3.99. The van der Waals surface area contributed by atoms with Gasteiger partial charge in [0.1, 0.15) is 5.75 Å². The maximum Gasteiger partial charge on any atom is 0.188 e. The van der Waals surface area contributed by atoms with Crippen LogP contribution in [0, 0.1) is 51.8 Å². The summed E-state index contributed by atoms with van der Waals surface area (Å²) in [4.78, 5) is 23.8. The number of hydrogen-bond donors (Lipinski definition) is 5. The topological polar surface area (TPSA) is 120 Å². The first-order valence-electron chi connectivity index (χ1n) is 21.0. The molecule has 2 spiro atoms. The van der Waals surface area contributed by atoms with Crippen LogP contribution in [0.15, 0.2) is 41.4 Å². The second kappa shape index (κ2) is 17.0. The van der Waals surface area contributed by atoms with Crippen LogP contribution in [0.2, 0.25) is 0 Å². The van der Waals surface area contributed by atoms with Crippen molar-refractivity contribution in [3.63, 3.8) is 0 Å². The average molecular weight is 793 g/mol. The third-order valence-electron chi connectivity index (χ3n) is 13.8. The summed E-state index contributed by atoms with van der Waals surface area (Å²) < 4.78 is 0. The van der Waals surface area contributed by atoms with Crippen molar-refractivity contribution in [2.24, 2.45) is 38.8 Å². The van der Waals surface area contributed by atoms with Gasteiger partial charge in [-0.25, -0.2) is 0 Å². The number of aliphatic hydroxyl groups is 1. The number of nitrogens with two attached hydrogens (primary N) is 1. The Morgan fingerprint density at radius 2 is 1.89 bits per heavy atom. The summed E-state index contributed by atoms with van der Waals surface area (Å²) in [6.45, 7) is 6.27. The number of nitrogens with zero attached hydrogens (tertiary/aromatic N) is 1. The number of anilines is 1. The van der Waals surface area contributed by atoms with Crippen molar-refractivity contribution in [2.75, 3.05) is 18.9 Å². The van der Waals surface area contributed by atoms with Crippen LogP contribution in [-0.2, 0) is 6.42 Å². The SMILES string of the molecule is CC#Cc1ccc(-c2ccc(C(=O)[C@H]3CC[C@H]4C[C@@]35CC3(CCCC3)[C@](CCCCC)(CC#Cc3c(cc(O)cc3NC[C@H](C)O)C[C@H]4NC(N)=NC)C5)s2)s1. The number of thiophene rings is 2. The predicted molar refractivity (Wildman–Crippen MR) is 232 cm³/mol. The lowest BCUT2D eigenvalue weighted by Gasteiger charge is -2.47. The number of phenols is 1. The quantitative estimate of drug-likeness (QED) is 0.0434. The number of rotatable bonds is 11. The van der Waals surface area contributed by atoms with Crippen LogP contribution < -0.4 is 16.4 Å². The van der Waals surface area contributed by atoms with Crippen LogP contribution >= 0.6 is 22.7 Å². The molecule has 7 rings (SSSR count). The monoisotopic (exact) mass is 792 g/mol. The second-order valence-corrected chi connectivity index (χ2v) is 19.6. The van der Waals surface area contributed by atoms with Gasteiger partial charge in [-0.2, -0.15) is 0 Å². The summed E-state index contributed by atoms with van der Waals surface area (Å²) in [5.41, 5.74) is 9.08. The molecule has 6 N–H and O–H groups in total. The Bertz CT molecular complexity index is 2050. The molecule has 0 radical (unpaired) electrons. The zero-order valence-corrected chi connectivity index (χ0v) is 35.4. The number of benzene rings is 1. The molecule has 4 aliphatic carbocycles. The van der Waals surface area contributed by atoms with Gasteiger partial charge in [-0.1, -0.05) is 56.8 Å². The number of ketones is 1. The third kappa shape index (κ3) is 8.02. The zero-order valence-electron chi connectivity index (χ0n) is 33.7. The Labute approximate surface area is 342 Å². The predicted octanol–water partition coefficient (Wildman–Crippen LogP) is 9.75. The number of aromatic hydroxyl groups is 1. The number of unbranched alkanes of at least 4 members (excludes halogenated alkanes) is 2. The minimum atomic E-state index is -0.555. The number of Topliss-reactive ketones (excluding diaryl/α,β-unsaturated/α-hetero) is 1. The molecular formula is C47H60N4O3S2. The molecule has 2 aromatic heterocycles. The van der Waals surface area contributed by atoms with E-state index in [1.54, 1.807) is 42.7 Å². The Kier molecular flexibility index (Phi) is 12.3. The summed E-state index contributed by atoms with van der Waals surface area (Å²) in [5, 5.41) is 28.3. The van der Waals surface area contributed by atoms with Crippen LogP contribution in [0.3, 0.4) is 0 Å². The maximum atomic E-state index is 15.2. The molecule has 0 amide bonds. The summed E-state index contributed by atoms with van der Waals surface area (Å²) >= 11 is 3.34. The number of hydrogen-bond acceptors (Lipinski definition) is 7. The second-order valence-electron chi connectivity index (χ2n) is 17.4. The van der Waals surface area contributed by atoms with E-state index in [0.717, 1.165) is 76.4 Å². The van der Waals surface area contributed by atoms with E-state index in [2.05, 4.69) is 70.5 Å². The van der Waals surface area contributed by atoms with Gasteiger partial charge in [0.25, 0.3) is 0 Å². The molecule has 3 fully saturated rings. The molecule has 2 heterocycles. The van der Waals surface area contributed by atoms with E-state index in [4.69, 9.17) is 5.73 Å². The fourth-order valence-corrected chi connectivity index (χ4v) is 13.5. The Balaban J connectivity index is 1.35. The largest absolute Gasteiger partial charge is 0.508 e. The smallest absolute Gasteiger partial charge is 0.188 e. The van der Waals surface area contributed by atoms with E-state index in [1.165, 1.54) is 49.8 Å². The van der Waals surface area contributed by atoms with E-state index in [0.29, 0.717) is 24.7 Å². The normalized spacial score (nSPS) is 27.2. The van der Waals surface area contributed by atoms with E-state index in [9.17, 15) is 10.2 Å². The molecule has 3 bridgehead atoms. The highest BCUT2D eigenvalue weighted by atomic mass is 32.1. The fourth-order valence-electron chi connectivity index (χ4n) is 11.5. The van der Waals surface area contributed by atoms with Gasteiger partial charge in [0.15, 0.2) is 11.7 Å². The highest BCUT2D eigenvalue weighted by Crippen LogP contribution is 2.74. The lowest BCUT2D eigenvalue weighted by molar-refractivity contribution is 0.0327. The first-order chi connectivity index (χ1) is 27.0. The molecule has 3 saturated carbocycles. The van der Waals surface area contributed by atoms with Crippen molar-refractivity contribution in [3.05, 3.63) is 57.3 Å². The van der Waals surface area contributed by atoms with E-state index in [-0.39, 0.29) is 39.9 Å². The van der Waals surface area contributed by atoms with Crippen LogP contribution in [0.25, 0.3) is 9.75 Å². The van der Waals surface area contributed by atoms with Gasteiger partial charge in [-0.05, 0) is 130 Å². The number of guanidine groups is 1. The molecule has 9 heteroatoms. The van der Waals surface area contributed by atoms with Crippen molar-refractivity contribution in [2.45, 2.75) is 129 Å². The van der Waals surface area contributed by atoms with E-state index in [1.807, 2.05) is 13.0 Å². The number of nitrogens with one attached hydrogen (secondary N) is 2. The fraction of sp³-hybridized carbons (Fsp3) is 0.574. The van der Waals surface area contributed by atoms with Gasteiger partial charge < -0.3 is 26.6 Å². The van der Waals surface area contributed by atoms with Crippen LogP contribution in [-0.4, -0.2) is 47.7 Å². The number of carbonyl (C=O) groups is 1. The van der Waals surface area contributed by atoms with Crippen LogP contribution in [0.1, 0.15) is 136 Å². The number of carbonyl (C=O) groups excluding carboxylic acids is 1. The van der Waals surface area contributed by atoms with Crippen molar-refractivity contribution in [1.29, 1.82) is 0 Å². The van der Waals surface area contributed by atoms with Crippen molar-refractivity contribution in [1.82, 2.24) is 5.32 Å². The lowest BCUT2D eigenvalue weighted by atomic mass is 9.57. The summed E-state index contributed by atoms with van der Waals surface area (Å²) in [5.74, 6) is 14.8. The summed E-state index contributed by atoms with van der Waals surface area (Å²) in [7, 11) is 1.72. The molecule has 0 unspecified atom stereocenters. The molecule has 56 heavy (non-hydrogen) atoms. The van der Waals surface area contributed by atoms with Gasteiger partial charge in [0.2, 0.25) is 0 Å². The van der Waals surface area contributed by atoms with E-state index >= 15 is 4.79 Å². The molecular weight excluding hydrogens is 733 g/mol. The van der Waals surface area contributed by atoms with Gasteiger partial charge in [-0.3, -0.25) is 9.79 Å². The zero-order chi connectivity index (χ0) is 39.5. The van der Waals surface area contributed by atoms with Crippen molar-refractivity contribution < 1.29 is 15.0 Å². The summed E-state index contributed by atoms with van der Waals surface area (Å²) in [6.07, 6.45) is 15.3. The number of aliphatic imine (C=N–C) groups is 1. The van der Waals surface area contributed by atoms with Gasteiger partial charge in [0.05, 0.1) is 27.1 Å². The number of aliphatic hydroxyl groups excluding tert-OH is 1.